The number of rotatable bonds is 8. The molecule has 0 bridgehead atoms. The number of nitrogens with zero attached hydrogens (tertiary/aromatic N) is 2. The molecule has 0 fully saturated rings. The molecular formula is C40H49IrN2O3Si-. The van der Waals surface area contributed by atoms with Crippen LogP contribution in [0.25, 0.3) is 44.2 Å². The Morgan fingerprint density at radius 1 is 0.915 bits per heavy atom. The number of furan rings is 1. The van der Waals surface area contributed by atoms with Crippen molar-refractivity contribution >= 4 is 52.0 Å². The molecule has 1 aliphatic rings. The zero-order chi connectivity index (χ0) is 33.6. The number of benzene rings is 3. The van der Waals surface area contributed by atoms with Gasteiger partial charge < -0.3 is 9.52 Å². The number of aliphatic hydroxyl groups excluding tert-OH is 1. The van der Waals surface area contributed by atoms with E-state index in [4.69, 9.17) is 14.4 Å². The van der Waals surface area contributed by atoms with E-state index in [1.54, 1.807) is 0 Å². The molecule has 1 radical (unpaired) electrons. The molecule has 47 heavy (non-hydrogen) atoms. The predicted molar refractivity (Wildman–Crippen MR) is 195 cm³/mol. The van der Waals surface area contributed by atoms with E-state index < -0.39 is 8.07 Å². The van der Waals surface area contributed by atoms with Gasteiger partial charge in [0.15, 0.2) is 5.78 Å². The maximum Gasteiger partial charge on any atom is 0.162 e. The van der Waals surface area contributed by atoms with Gasteiger partial charge >= 0.3 is 0 Å². The summed E-state index contributed by atoms with van der Waals surface area (Å²) in [6, 6.07) is 18.3. The summed E-state index contributed by atoms with van der Waals surface area (Å²) in [6.45, 7) is 21.8. The second kappa shape index (κ2) is 14.2. The topological polar surface area (TPSA) is 76.2 Å². The fourth-order valence-corrected chi connectivity index (χ4v) is 8.29. The molecule has 0 unspecified atom stereocenters. The van der Waals surface area contributed by atoms with Crippen LogP contribution in [0.15, 0.2) is 58.7 Å². The molecule has 1 N–H and O–H groups in total. The number of aromatic nitrogens is 2. The Hall–Kier alpha value is -3.12. The SMILES string of the molecule is CCC(CC)C(=O)/C=C(\O)C(CC)CC.Cc1c[c-]c2c3c1oc1c([Si](C)(C)C)ccc(c13)C(C)(C)c1nc3ccccc3nc1-2.[Ir]. The van der Waals surface area contributed by atoms with Gasteiger partial charge in [0.2, 0.25) is 0 Å². The Morgan fingerprint density at radius 2 is 1.51 bits per heavy atom. The molecule has 5 aromatic rings. The molecule has 251 valence electrons. The molecule has 5 nitrogen and oxygen atoms in total. The summed E-state index contributed by atoms with van der Waals surface area (Å²) in [7, 11) is -1.61. The van der Waals surface area contributed by atoms with Crippen LogP contribution in [0.4, 0.5) is 0 Å². The average molecular weight is 826 g/mol. The van der Waals surface area contributed by atoms with Crippen molar-refractivity contribution in [2.45, 2.75) is 99.2 Å². The van der Waals surface area contributed by atoms with E-state index in [0.29, 0.717) is 0 Å². The van der Waals surface area contributed by atoms with E-state index >= 15 is 0 Å². The van der Waals surface area contributed by atoms with Crippen LogP contribution in [0.1, 0.15) is 84.0 Å². The number of aliphatic hydroxyl groups is 1. The molecule has 0 amide bonds. The predicted octanol–water partition coefficient (Wildman–Crippen LogP) is 10.4. The molecular weight excluding hydrogens is 777 g/mol. The van der Waals surface area contributed by atoms with Gasteiger partial charge in [-0.3, -0.25) is 14.8 Å². The van der Waals surface area contributed by atoms with E-state index in [1.165, 1.54) is 22.2 Å². The Balaban J connectivity index is 0.000000269. The van der Waals surface area contributed by atoms with Crippen molar-refractivity contribution in [2.24, 2.45) is 11.8 Å². The molecule has 6 rings (SSSR count). The zero-order valence-corrected chi connectivity index (χ0v) is 33.0. The van der Waals surface area contributed by atoms with Crippen molar-refractivity contribution in [3.05, 3.63) is 77.2 Å². The largest absolute Gasteiger partial charge is 0.512 e. The molecule has 0 saturated carbocycles. The number of carbonyl (C=O) groups is 1. The van der Waals surface area contributed by atoms with Crippen LogP contribution >= 0.6 is 0 Å². The van der Waals surface area contributed by atoms with Crippen LogP contribution in [0.5, 0.6) is 0 Å². The monoisotopic (exact) mass is 826 g/mol. The normalized spacial score (nSPS) is 13.9. The third-order valence-electron chi connectivity index (χ3n) is 9.84. The van der Waals surface area contributed by atoms with Gasteiger partial charge in [-0.2, -0.15) is 0 Å². The fraction of sp³-hybridized carbons (Fsp3) is 0.425. The minimum atomic E-state index is -1.61. The van der Waals surface area contributed by atoms with Crippen molar-refractivity contribution in [3.8, 4) is 11.3 Å². The molecule has 0 aliphatic heterocycles. The van der Waals surface area contributed by atoms with Crippen molar-refractivity contribution < 1.29 is 34.4 Å². The van der Waals surface area contributed by atoms with E-state index in [2.05, 4.69) is 58.6 Å². The maximum absolute atomic E-state index is 11.7. The molecule has 0 saturated heterocycles. The van der Waals surface area contributed by atoms with E-state index in [9.17, 15) is 9.90 Å². The van der Waals surface area contributed by atoms with Crippen molar-refractivity contribution in [1.29, 1.82) is 0 Å². The minimum absolute atomic E-state index is 0. The number of carbonyl (C=O) groups excluding carboxylic acids is 1. The summed E-state index contributed by atoms with van der Waals surface area (Å²) in [5, 5.41) is 13.5. The first-order chi connectivity index (χ1) is 21.8. The summed E-state index contributed by atoms with van der Waals surface area (Å²) in [5.74, 6) is 0.547. The number of aryl methyl sites for hydroxylation is 1. The van der Waals surface area contributed by atoms with Crippen LogP contribution in [0, 0.1) is 24.8 Å². The fourth-order valence-electron chi connectivity index (χ4n) is 6.85. The number of para-hydroxylation sites is 2. The van der Waals surface area contributed by atoms with Crippen LogP contribution < -0.4 is 5.19 Å². The summed E-state index contributed by atoms with van der Waals surface area (Å²) in [4.78, 5) is 22.0. The Bertz CT molecular complexity index is 1960. The zero-order valence-electron chi connectivity index (χ0n) is 29.6. The van der Waals surface area contributed by atoms with Gasteiger partial charge in [-0.25, -0.2) is 0 Å². The van der Waals surface area contributed by atoms with Gasteiger partial charge in [0.25, 0.3) is 0 Å². The third kappa shape index (κ3) is 6.64. The first-order valence-electron chi connectivity index (χ1n) is 16.9. The number of hydrogen-bond acceptors (Lipinski definition) is 5. The number of allylic oxidation sites excluding steroid dienone is 2. The molecule has 3 aromatic carbocycles. The summed E-state index contributed by atoms with van der Waals surface area (Å²) in [6.07, 6.45) is 4.91. The molecule has 2 heterocycles. The van der Waals surface area contributed by atoms with Crippen molar-refractivity contribution in [1.82, 2.24) is 9.97 Å². The van der Waals surface area contributed by atoms with E-state index in [1.807, 2.05) is 58.0 Å². The second-order valence-electron chi connectivity index (χ2n) is 14.3. The molecule has 0 atom stereocenters. The third-order valence-corrected chi connectivity index (χ3v) is 11.9. The minimum Gasteiger partial charge on any atom is -0.512 e. The van der Waals surface area contributed by atoms with Crippen LogP contribution in [-0.4, -0.2) is 28.9 Å². The number of fused-ring (bicyclic) bond motifs is 3. The smallest absolute Gasteiger partial charge is 0.162 e. The van der Waals surface area contributed by atoms with Gasteiger partial charge in [0.1, 0.15) is 5.58 Å². The maximum atomic E-state index is 11.7. The first-order valence-corrected chi connectivity index (χ1v) is 20.4. The Labute approximate surface area is 294 Å². The average Bonchev–Trinajstić information content (AvgIpc) is 3.39. The summed E-state index contributed by atoms with van der Waals surface area (Å²) < 4.78 is 6.66. The van der Waals surface area contributed by atoms with E-state index in [0.717, 1.165) is 75.8 Å². The quantitative estimate of drug-likeness (QED) is 0.0730. The summed E-state index contributed by atoms with van der Waals surface area (Å²) in [5.41, 5.74) is 8.81. The number of hydrogen-bond donors (Lipinski definition) is 1. The van der Waals surface area contributed by atoms with Crippen molar-refractivity contribution in [3.63, 3.8) is 0 Å². The van der Waals surface area contributed by atoms with Gasteiger partial charge in [-0.1, -0.05) is 103 Å². The van der Waals surface area contributed by atoms with Crippen LogP contribution in [0.3, 0.4) is 0 Å². The Morgan fingerprint density at radius 3 is 2.09 bits per heavy atom. The second-order valence-corrected chi connectivity index (χ2v) is 19.3. The van der Waals surface area contributed by atoms with Gasteiger partial charge in [-0.05, 0) is 54.0 Å². The number of ketones is 1. The standard InChI is InChI=1S/C27H25N2OSi.C13H24O2.Ir/c1-15-11-12-16-21-22-17(13-14-20(31(4,5)6)25(22)30-24(15)21)27(2,3)26-23(16)28-18-9-7-8-10-19(18)29-26;1-5-10(6-2)12(14)9-13(15)11(7-3)8-4;/h7-11,13-14H,1-6H3;9-11,14H,5-8H2,1-4H3;/q-1;;/b;12-9-;. The molecule has 0 spiro atoms. The molecule has 7 heteroatoms. The summed E-state index contributed by atoms with van der Waals surface area (Å²) >= 11 is 0. The molecule has 2 aromatic heterocycles. The molecule has 1 aliphatic carbocycles. The van der Waals surface area contributed by atoms with Crippen LogP contribution in [-0.2, 0) is 30.3 Å². The van der Waals surface area contributed by atoms with Gasteiger partial charge in [0.05, 0.1) is 30.4 Å². The van der Waals surface area contributed by atoms with E-state index in [-0.39, 0.29) is 48.9 Å². The van der Waals surface area contributed by atoms with Crippen LogP contribution in [0.2, 0.25) is 19.6 Å². The van der Waals surface area contributed by atoms with Gasteiger partial charge in [-0.15, -0.1) is 17.7 Å². The van der Waals surface area contributed by atoms with Gasteiger partial charge in [0, 0.05) is 54.8 Å². The Kier molecular flexibility index (Phi) is 11.1. The van der Waals surface area contributed by atoms with Crippen molar-refractivity contribution in [2.75, 3.05) is 0 Å². The first kappa shape index (κ1) is 36.7.